The number of anilines is 2. The predicted molar refractivity (Wildman–Crippen MR) is 63.8 cm³/mol. The average molecular weight is 224 g/mol. The molecule has 0 saturated carbocycles. The van der Waals surface area contributed by atoms with E-state index in [0.29, 0.717) is 0 Å². The lowest BCUT2D eigenvalue weighted by Crippen LogP contribution is -1.89. The molecule has 0 amide bonds. The molecule has 0 bridgehead atoms. The third kappa shape index (κ3) is 2.08. The topological polar surface area (TPSA) is 12.0 Å². The number of rotatable bonds is 2. The molecule has 14 heavy (non-hydrogen) atoms. The smallest absolute Gasteiger partial charge is 0.0942 e. The summed E-state index contributed by atoms with van der Waals surface area (Å²) in [4.78, 5) is 0. The van der Waals surface area contributed by atoms with E-state index < -0.39 is 0 Å². The fourth-order valence-electron chi connectivity index (χ4n) is 1.22. The molecule has 0 aliphatic carbocycles. The average Bonchev–Trinajstić information content (AvgIpc) is 2.56. The zero-order valence-electron chi connectivity index (χ0n) is 7.75. The summed E-state index contributed by atoms with van der Waals surface area (Å²) in [6.07, 6.45) is 0. The van der Waals surface area contributed by atoms with Crippen molar-refractivity contribution in [2.45, 2.75) is 6.92 Å². The van der Waals surface area contributed by atoms with Crippen LogP contribution in [0.2, 0.25) is 5.02 Å². The van der Waals surface area contributed by atoms with Crippen LogP contribution in [0.4, 0.5) is 10.7 Å². The highest BCUT2D eigenvalue weighted by Gasteiger charge is 1.99. The molecule has 0 spiro atoms. The SMILES string of the molecule is Cc1ccccc1Nc1cc(Cl)cs1. The van der Waals surface area contributed by atoms with Crippen LogP contribution in [0.15, 0.2) is 35.7 Å². The molecule has 1 aromatic carbocycles. The number of para-hydroxylation sites is 1. The normalized spacial score (nSPS) is 10.1. The van der Waals surface area contributed by atoms with E-state index in [1.807, 2.05) is 23.6 Å². The van der Waals surface area contributed by atoms with Crippen LogP contribution in [-0.4, -0.2) is 0 Å². The minimum absolute atomic E-state index is 0.783. The van der Waals surface area contributed by atoms with Gasteiger partial charge in [0.2, 0.25) is 0 Å². The van der Waals surface area contributed by atoms with Gasteiger partial charge in [0.1, 0.15) is 0 Å². The van der Waals surface area contributed by atoms with Crippen LogP contribution in [0, 0.1) is 6.92 Å². The summed E-state index contributed by atoms with van der Waals surface area (Å²) in [7, 11) is 0. The first-order chi connectivity index (χ1) is 6.75. The Hall–Kier alpha value is -0.990. The second-order valence-electron chi connectivity index (χ2n) is 3.07. The van der Waals surface area contributed by atoms with Crippen LogP contribution in [0.5, 0.6) is 0 Å². The predicted octanol–water partition coefficient (Wildman–Crippen LogP) is 4.45. The van der Waals surface area contributed by atoms with Crippen LogP contribution < -0.4 is 5.32 Å². The molecule has 1 aromatic heterocycles. The van der Waals surface area contributed by atoms with Crippen molar-refractivity contribution in [1.82, 2.24) is 0 Å². The molecule has 0 aliphatic rings. The molecule has 0 aliphatic heterocycles. The van der Waals surface area contributed by atoms with Gasteiger partial charge in [0, 0.05) is 11.1 Å². The van der Waals surface area contributed by atoms with Crippen molar-refractivity contribution >= 4 is 33.6 Å². The Morgan fingerprint density at radius 3 is 2.71 bits per heavy atom. The van der Waals surface area contributed by atoms with E-state index >= 15 is 0 Å². The van der Waals surface area contributed by atoms with Crippen LogP contribution in [-0.2, 0) is 0 Å². The molecule has 1 nitrogen and oxygen atoms in total. The highest BCUT2D eigenvalue weighted by molar-refractivity contribution is 7.14. The number of nitrogens with one attached hydrogen (secondary N) is 1. The van der Waals surface area contributed by atoms with Crippen LogP contribution in [0.25, 0.3) is 0 Å². The third-order valence-electron chi connectivity index (χ3n) is 1.97. The van der Waals surface area contributed by atoms with Gasteiger partial charge >= 0.3 is 0 Å². The number of halogens is 1. The maximum Gasteiger partial charge on any atom is 0.0942 e. The summed E-state index contributed by atoms with van der Waals surface area (Å²) >= 11 is 7.45. The van der Waals surface area contributed by atoms with Crippen LogP contribution in [0.3, 0.4) is 0 Å². The summed E-state index contributed by atoms with van der Waals surface area (Å²) in [6, 6.07) is 10.1. The monoisotopic (exact) mass is 223 g/mol. The van der Waals surface area contributed by atoms with E-state index in [1.54, 1.807) is 11.3 Å². The molecule has 0 unspecified atom stereocenters. The van der Waals surface area contributed by atoms with Gasteiger partial charge in [-0.1, -0.05) is 29.8 Å². The molecule has 72 valence electrons. The molecule has 2 rings (SSSR count). The summed E-state index contributed by atoms with van der Waals surface area (Å²) < 4.78 is 0. The van der Waals surface area contributed by atoms with Gasteiger partial charge in [-0.2, -0.15) is 0 Å². The van der Waals surface area contributed by atoms with E-state index in [1.165, 1.54) is 5.56 Å². The lowest BCUT2D eigenvalue weighted by Gasteiger charge is -2.05. The summed E-state index contributed by atoms with van der Waals surface area (Å²) in [6.45, 7) is 2.08. The molecule has 0 atom stereocenters. The Kier molecular flexibility index (Phi) is 2.75. The maximum atomic E-state index is 5.84. The highest BCUT2D eigenvalue weighted by atomic mass is 35.5. The summed E-state index contributed by atoms with van der Waals surface area (Å²) in [5, 5.41) is 7.10. The van der Waals surface area contributed by atoms with Gasteiger partial charge in [-0.3, -0.25) is 0 Å². The molecule has 0 fully saturated rings. The van der Waals surface area contributed by atoms with Crippen molar-refractivity contribution in [2.24, 2.45) is 0 Å². The van der Waals surface area contributed by atoms with Gasteiger partial charge in [-0.05, 0) is 24.6 Å². The zero-order chi connectivity index (χ0) is 9.97. The van der Waals surface area contributed by atoms with E-state index in [4.69, 9.17) is 11.6 Å². The molecule has 1 heterocycles. The quantitative estimate of drug-likeness (QED) is 0.793. The lowest BCUT2D eigenvalue weighted by molar-refractivity contribution is 1.45. The minimum atomic E-state index is 0.783. The summed E-state index contributed by atoms with van der Waals surface area (Å²) in [5.41, 5.74) is 2.36. The fourth-order valence-corrected chi connectivity index (χ4v) is 2.20. The van der Waals surface area contributed by atoms with Crippen molar-refractivity contribution in [1.29, 1.82) is 0 Å². The number of hydrogen-bond acceptors (Lipinski definition) is 2. The van der Waals surface area contributed by atoms with Gasteiger partial charge in [0.25, 0.3) is 0 Å². The van der Waals surface area contributed by atoms with E-state index in [-0.39, 0.29) is 0 Å². The van der Waals surface area contributed by atoms with Crippen LogP contribution in [0.1, 0.15) is 5.56 Å². The molecule has 2 aromatic rings. The molecular weight excluding hydrogens is 214 g/mol. The first-order valence-corrected chi connectivity index (χ1v) is 5.58. The van der Waals surface area contributed by atoms with Gasteiger partial charge < -0.3 is 5.32 Å². The number of hydrogen-bond donors (Lipinski definition) is 1. The summed E-state index contributed by atoms with van der Waals surface area (Å²) in [5.74, 6) is 0. The van der Waals surface area contributed by atoms with Gasteiger partial charge in [0.05, 0.1) is 10.0 Å². The third-order valence-corrected chi connectivity index (χ3v) is 3.16. The van der Waals surface area contributed by atoms with Gasteiger partial charge in [-0.25, -0.2) is 0 Å². The maximum absolute atomic E-state index is 5.84. The van der Waals surface area contributed by atoms with Crippen LogP contribution >= 0.6 is 22.9 Å². The number of aryl methyl sites for hydroxylation is 1. The highest BCUT2D eigenvalue weighted by Crippen LogP contribution is 2.28. The molecule has 0 radical (unpaired) electrons. The van der Waals surface area contributed by atoms with Crippen molar-refractivity contribution in [3.63, 3.8) is 0 Å². The minimum Gasteiger partial charge on any atom is -0.347 e. The van der Waals surface area contributed by atoms with Crippen molar-refractivity contribution in [2.75, 3.05) is 5.32 Å². The van der Waals surface area contributed by atoms with Gasteiger partial charge in [-0.15, -0.1) is 11.3 Å². The Balaban J connectivity index is 2.23. The fraction of sp³-hybridized carbons (Fsp3) is 0.0909. The second-order valence-corrected chi connectivity index (χ2v) is 4.42. The van der Waals surface area contributed by atoms with Crippen molar-refractivity contribution in [3.8, 4) is 0 Å². The Morgan fingerprint density at radius 2 is 2.07 bits per heavy atom. The lowest BCUT2D eigenvalue weighted by atomic mass is 10.2. The van der Waals surface area contributed by atoms with Gasteiger partial charge in [0.15, 0.2) is 0 Å². The first-order valence-electron chi connectivity index (χ1n) is 4.32. The molecular formula is C11H10ClNS. The molecule has 3 heteroatoms. The Labute approximate surface area is 92.3 Å². The molecule has 1 N–H and O–H groups in total. The number of benzene rings is 1. The number of thiophene rings is 1. The second kappa shape index (κ2) is 4.03. The van der Waals surface area contributed by atoms with E-state index in [0.717, 1.165) is 15.7 Å². The zero-order valence-corrected chi connectivity index (χ0v) is 9.32. The Bertz CT molecular complexity index is 436. The Morgan fingerprint density at radius 1 is 1.29 bits per heavy atom. The largest absolute Gasteiger partial charge is 0.347 e. The molecule has 0 saturated heterocycles. The van der Waals surface area contributed by atoms with E-state index in [2.05, 4.69) is 24.4 Å². The van der Waals surface area contributed by atoms with Crippen molar-refractivity contribution in [3.05, 3.63) is 46.3 Å². The van der Waals surface area contributed by atoms with E-state index in [9.17, 15) is 0 Å². The van der Waals surface area contributed by atoms with Crippen molar-refractivity contribution < 1.29 is 0 Å². The first kappa shape index (κ1) is 9.56. The standard InChI is InChI=1S/C11H10ClNS/c1-8-4-2-3-5-10(8)13-11-6-9(12)7-14-11/h2-7,13H,1H3.